The Hall–Kier alpha value is -2.84. The van der Waals surface area contributed by atoms with E-state index in [0.717, 1.165) is 40.5 Å². The Morgan fingerprint density at radius 2 is 1.94 bits per heavy atom. The van der Waals surface area contributed by atoms with Crippen molar-refractivity contribution in [1.29, 1.82) is 0 Å². The summed E-state index contributed by atoms with van der Waals surface area (Å²) in [4.78, 5) is 34.4. The van der Waals surface area contributed by atoms with Crippen molar-refractivity contribution in [3.05, 3.63) is 62.5 Å². The summed E-state index contributed by atoms with van der Waals surface area (Å²) in [7, 11) is 0. The van der Waals surface area contributed by atoms with Gasteiger partial charge >= 0.3 is 0 Å². The minimum absolute atomic E-state index is 0.0466. The van der Waals surface area contributed by atoms with Crippen LogP contribution in [-0.4, -0.2) is 49.2 Å². The van der Waals surface area contributed by atoms with Crippen molar-refractivity contribution in [3.63, 3.8) is 0 Å². The highest BCUT2D eigenvalue weighted by Crippen LogP contribution is 2.65. The number of hydrogen-bond donors (Lipinski definition) is 0. The number of amides is 1. The highest BCUT2D eigenvalue weighted by Gasteiger charge is 2.73. The van der Waals surface area contributed by atoms with E-state index in [4.69, 9.17) is 16.6 Å². The largest absolute Gasteiger partial charge is 0.335 e. The van der Waals surface area contributed by atoms with Gasteiger partial charge in [-0.3, -0.25) is 19.1 Å². The number of thiophene rings is 1. The molecule has 0 N–H and O–H groups in total. The third-order valence-electron chi connectivity index (χ3n) is 8.35. The predicted octanol–water partition coefficient (Wildman–Crippen LogP) is 4.52. The van der Waals surface area contributed by atoms with Crippen LogP contribution >= 0.6 is 22.9 Å². The molecule has 1 aromatic carbocycles. The first-order valence-electron chi connectivity index (χ1n) is 12.0. The van der Waals surface area contributed by atoms with E-state index in [2.05, 4.69) is 28.6 Å². The van der Waals surface area contributed by atoms with E-state index in [1.807, 2.05) is 36.1 Å². The average Bonchev–Trinajstić information content (AvgIpc) is 3.00. The summed E-state index contributed by atoms with van der Waals surface area (Å²) in [5, 5.41) is 10.6. The second-order valence-corrected chi connectivity index (χ2v) is 11.9. The Balaban J connectivity index is 1.34. The molecule has 4 heterocycles. The van der Waals surface area contributed by atoms with Gasteiger partial charge in [-0.15, -0.1) is 21.5 Å². The van der Waals surface area contributed by atoms with Crippen molar-refractivity contribution >= 4 is 40.3 Å². The lowest BCUT2D eigenvalue weighted by Gasteiger charge is -2.28. The fraction of sp³-hybridized carbons (Fsp3) is 0.423. The van der Waals surface area contributed by atoms with Crippen molar-refractivity contribution in [3.8, 4) is 5.00 Å². The van der Waals surface area contributed by atoms with Gasteiger partial charge in [0.1, 0.15) is 22.7 Å². The molecule has 3 unspecified atom stereocenters. The van der Waals surface area contributed by atoms with Crippen LogP contribution in [0, 0.1) is 26.2 Å². The number of benzene rings is 1. The number of carbonyl (C=O) groups excluding carboxylic acids is 2. The lowest BCUT2D eigenvalue weighted by atomic mass is 9.99. The van der Waals surface area contributed by atoms with Gasteiger partial charge < -0.3 is 4.90 Å². The molecule has 2 saturated carbocycles. The van der Waals surface area contributed by atoms with E-state index >= 15 is 0 Å². The van der Waals surface area contributed by atoms with Gasteiger partial charge in [-0.05, 0) is 51.3 Å². The van der Waals surface area contributed by atoms with Gasteiger partial charge in [0.25, 0.3) is 0 Å². The number of aromatic nitrogens is 3. The minimum atomic E-state index is -0.474. The molecule has 178 valence electrons. The van der Waals surface area contributed by atoms with Crippen LogP contribution in [0.5, 0.6) is 0 Å². The molecule has 9 heteroatoms. The predicted molar refractivity (Wildman–Crippen MR) is 134 cm³/mol. The van der Waals surface area contributed by atoms with Gasteiger partial charge in [-0.2, -0.15) is 0 Å². The van der Waals surface area contributed by atoms with Crippen LogP contribution in [-0.2, 0) is 9.59 Å². The number of carbonyl (C=O) groups is 2. The van der Waals surface area contributed by atoms with E-state index in [1.165, 1.54) is 10.4 Å². The first-order valence-corrected chi connectivity index (χ1v) is 13.2. The maximum Gasteiger partial charge on any atom is 0.225 e. The summed E-state index contributed by atoms with van der Waals surface area (Å²) in [5.74, 6) is 1.87. The van der Waals surface area contributed by atoms with E-state index in [1.54, 1.807) is 11.3 Å². The second-order valence-electron chi connectivity index (χ2n) is 10.3. The number of halogens is 1. The molecule has 2 aliphatic heterocycles. The second kappa shape index (κ2) is 7.11. The van der Waals surface area contributed by atoms with E-state index in [-0.39, 0.29) is 29.8 Å². The van der Waals surface area contributed by atoms with Crippen LogP contribution in [0.25, 0.3) is 5.00 Å². The molecule has 4 aliphatic rings. The molecule has 7 rings (SSSR count). The number of piperidine rings is 2. The van der Waals surface area contributed by atoms with Crippen LogP contribution < -0.4 is 0 Å². The Bertz CT molecular complexity index is 1470. The number of hydrogen-bond acceptors (Lipinski definition) is 6. The van der Waals surface area contributed by atoms with Crippen molar-refractivity contribution in [2.24, 2.45) is 10.4 Å². The lowest BCUT2D eigenvalue weighted by Crippen LogP contribution is -2.41. The molecular formula is C26H24ClN5O2S. The van der Waals surface area contributed by atoms with Gasteiger partial charge in [0.05, 0.1) is 17.5 Å². The van der Waals surface area contributed by atoms with Gasteiger partial charge in [-0.25, -0.2) is 0 Å². The third-order valence-corrected chi connectivity index (χ3v) is 9.80. The lowest BCUT2D eigenvalue weighted by molar-refractivity contribution is -0.135. The van der Waals surface area contributed by atoms with Crippen molar-refractivity contribution < 1.29 is 9.59 Å². The Morgan fingerprint density at radius 3 is 2.66 bits per heavy atom. The molecule has 2 aliphatic carbocycles. The number of nitrogens with zero attached hydrogens (tertiary/aromatic N) is 5. The summed E-state index contributed by atoms with van der Waals surface area (Å²) in [6.45, 7) is 6.17. The van der Waals surface area contributed by atoms with Crippen molar-refractivity contribution in [2.45, 2.75) is 64.6 Å². The number of rotatable bonds is 3. The van der Waals surface area contributed by atoms with E-state index in [9.17, 15) is 9.59 Å². The summed E-state index contributed by atoms with van der Waals surface area (Å²) in [6, 6.07) is 7.35. The summed E-state index contributed by atoms with van der Waals surface area (Å²) >= 11 is 7.89. The maximum atomic E-state index is 13.7. The number of fused-ring (bicyclic) bond motifs is 4. The fourth-order valence-electron chi connectivity index (χ4n) is 6.43. The Kier molecular flexibility index (Phi) is 4.35. The highest BCUT2D eigenvalue weighted by molar-refractivity contribution is 7.15. The molecule has 7 nitrogen and oxygen atoms in total. The first-order chi connectivity index (χ1) is 16.8. The SMILES string of the molecule is Cc1sc2c(c1C)C(c1ccc(Cl)cc1)=N[C@@H](CC(=O)N1C3CC(=O)C4(C3)CC14)c1nnc(C)n1-2. The molecular weight excluding hydrogens is 482 g/mol. The molecule has 2 aromatic heterocycles. The number of Topliss-reactive ketones (excluding diaryl/α,β-unsaturated/α-hetero) is 1. The third kappa shape index (κ3) is 2.87. The Morgan fingerprint density at radius 1 is 1.17 bits per heavy atom. The van der Waals surface area contributed by atoms with Crippen molar-refractivity contribution in [2.75, 3.05) is 0 Å². The highest BCUT2D eigenvalue weighted by atomic mass is 35.5. The zero-order chi connectivity index (χ0) is 24.2. The van der Waals surface area contributed by atoms with Gasteiger partial charge in [0.15, 0.2) is 5.82 Å². The fourth-order valence-corrected chi connectivity index (χ4v) is 7.77. The Labute approximate surface area is 211 Å². The number of likely N-dealkylation sites (tertiary alicyclic amines) is 1. The normalized spacial score (nSPS) is 27.9. The average molecular weight is 506 g/mol. The van der Waals surface area contributed by atoms with Gasteiger partial charge in [0.2, 0.25) is 5.91 Å². The summed E-state index contributed by atoms with van der Waals surface area (Å²) < 4.78 is 2.07. The quantitative estimate of drug-likeness (QED) is 0.524. The molecule has 4 atom stereocenters. The summed E-state index contributed by atoms with van der Waals surface area (Å²) in [6.07, 6.45) is 2.36. The topological polar surface area (TPSA) is 80.5 Å². The molecule has 3 fully saturated rings. The number of aryl methyl sites for hydroxylation is 2. The first kappa shape index (κ1) is 21.4. The zero-order valence-electron chi connectivity index (χ0n) is 19.7. The minimum Gasteiger partial charge on any atom is -0.335 e. The van der Waals surface area contributed by atoms with Crippen LogP contribution in [0.1, 0.15) is 64.9 Å². The monoisotopic (exact) mass is 505 g/mol. The molecule has 1 spiro atoms. The van der Waals surface area contributed by atoms with Gasteiger partial charge in [-0.1, -0.05) is 23.7 Å². The van der Waals surface area contributed by atoms with Gasteiger partial charge in [0, 0.05) is 39.5 Å². The van der Waals surface area contributed by atoms with Crippen molar-refractivity contribution in [1.82, 2.24) is 19.7 Å². The standard InChI is InChI=1S/C26H24ClN5O2S/c1-12-13(2)35-25-22(12)23(15-4-6-16(27)7-5-15)28-18(24-30-29-14(3)31(24)25)9-21(34)32-17-8-20(33)26(10-17)11-19(26)32/h4-7,17-19H,8-11H2,1-3H3/t17?,18-,19?,26?/m0/s1. The van der Waals surface area contributed by atoms with Crippen LogP contribution in [0.15, 0.2) is 29.3 Å². The van der Waals surface area contributed by atoms with E-state index in [0.29, 0.717) is 23.1 Å². The maximum absolute atomic E-state index is 13.7. The van der Waals surface area contributed by atoms with Crippen LogP contribution in [0.2, 0.25) is 5.02 Å². The molecule has 2 bridgehead atoms. The number of ketones is 1. The molecule has 0 radical (unpaired) electrons. The van der Waals surface area contributed by atoms with E-state index < -0.39 is 6.04 Å². The van der Waals surface area contributed by atoms with Crippen LogP contribution in [0.3, 0.4) is 0 Å². The smallest absolute Gasteiger partial charge is 0.225 e. The summed E-state index contributed by atoms with van der Waals surface area (Å²) in [5.41, 5.74) is 3.79. The molecule has 1 amide bonds. The van der Waals surface area contributed by atoms with Crippen LogP contribution in [0.4, 0.5) is 0 Å². The molecule has 35 heavy (non-hydrogen) atoms. The molecule has 3 aromatic rings. The zero-order valence-corrected chi connectivity index (χ0v) is 21.3. The molecule has 1 saturated heterocycles. The number of aliphatic imine (C=N–C) groups is 1.